The van der Waals surface area contributed by atoms with Crippen molar-refractivity contribution in [1.82, 2.24) is 13.9 Å². The van der Waals surface area contributed by atoms with Crippen LogP contribution in [0.5, 0.6) is 0 Å². The molecule has 2 aromatic rings. The molecule has 1 aromatic heterocycles. The second-order valence-corrected chi connectivity index (χ2v) is 8.98. The first-order chi connectivity index (χ1) is 12.3. The van der Waals surface area contributed by atoms with E-state index in [2.05, 4.69) is 23.4 Å². The van der Waals surface area contributed by atoms with Gasteiger partial charge >= 0.3 is 0 Å². The lowest BCUT2D eigenvalue weighted by Crippen LogP contribution is -2.39. The summed E-state index contributed by atoms with van der Waals surface area (Å²) in [7, 11) is -3.88. The van der Waals surface area contributed by atoms with Gasteiger partial charge in [-0.15, -0.1) is 0 Å². The van der Waals surface area contributed by atoms with Crippen LogP contribution >= 0.6 is 0 Å². The van der Waals surface area contributed by atoms with Crippen LogP contribution in [0, 0.1) is 17.6 Å². The summed E-state index contributed by atoms with van der Waals surface area (Å²) >= 11 is 0. The van der Waals surface area contributed by atoms with E-state index < -0.39 is 21.7 Å². The lowest BCUT2D eigenvalue weighted by Gasteiger charge is -2.31. The summed E-state index contributed by atoms with van der Waals surface area (Å²) in [5.41, 5.74) is 0. The highest BCUT2D eigenvalue weighted by atomic mass is 32.2. The maximum absolute atomic E-state index is 13.4. The summed E-state index contributed by atoms with van der Waals surface area (Å²) in [6.45, 7) is 5.67. The molecule has 0 unspecified atom stereocenters. The molecule has 2 heterocycles. The summed E-state index contributed by atoms with van der Waals surface area (Å²) in [6.07, 6.45) is 5.14. The lowest BCUT2D eigenvalue weighted by molar-refractivity contribution is 0.251. The van der Waals surface area contributed by atoms with Crippen molar-refractivity contribution in [3.63, 3.8) is 0 Å². The highest BCUT2D eigenvalue weighted by molar-refractivity contribution is 7.89. The molecule has 5 nitrogen and oxygen atoms in total. The van der Waals surface area contributed by atoms with Crippen LogP contribution in [-0.2, 0) is 16.6 Å². The zero-order valence-corrected chi connectivity index (χ0v) is 15.7. The third-order valence-electron chi connectivity index (χ3n) is 4.77. The van der Waals surface area contributed by atoms with Gasteiger partial charge in [-0.2, -0.15) is 4.31 Å². The van der Waals surface area contributed by atoms with Crippen molar-refractivity contribution >= 4 is 10.0 Å². The van der Waals surface area contributed by atoms with Crippen molar-refractivity contribution in [2.75, 3.05) is 13.1 Å². The summed E-state index contributed by atoms with van der Waals surface area (Å²) in [4.78, 5) is 4.05. The molecule has 1 aromatic carbocycles. The van der Waals surface area contributed by atoms with Gasteiger partial charge in [-0.1, -0.05) is 13.8 Å². The minimum Gasteiger partial charge on any atom is -0.334 e. The Morgan fingerprint density at radius 3 is 2.35 bits per heavy atom. The van der Waals surface area contributed by atoms with Gasteiger partial charge in [0.15, 0.2) is 0 Å². The summed E-state index contributed by atoms with van der Waals surface area (Å²) < 4.78 is 55.5. The smallest absolute Gasteiger partial charge is 0.243 e. The molecule has 8 heteroatoms. The maximum atomic E-state index is 13.4. The van der Waals surface area contributed by atoms with Crippen LogP contribution in [0.3, 0.4) is 0 Å². The van der Waals surface area contributed by atoms with Gasteiger partial charge in [0.1, 0.15) is 17.5 Å². The first-order valence-electron chi connectivity index (χ1n) is 8.74. The van der Waals surface area contributed by atoms with E-state index in [0.717, 1.165) is 24.5 Å². The number of hydrogen-bond donors (Lipinski definition) is 0. The van der Waals surface area contributed by atoms with Crippen LogP contribution in [0.25, 0.3) is 0 Å². The van der Waals surface area contributed by atoms with Gasteiger partial charge in [0.25, 0.3) is 0 Å². The Morgan fingerprint density at radius 2 is 1.77 bits per heavy atom. The average Bonchev–Trinajstić information content (AvgIpc) is 3.03. The molecule has 0 bridgehead atoms. The molecule has 0 saturated carbocycles. The van der Waals surface area contributed by atoms with Crippen LogP contribution in [0.15, 0.2) is 35.5 Å². The van der Waals surface area contributed by atoms with Crippen LogP contribution in [-0.4, -0.2) is 35.4 Å². The van der Waals surface area contributed by atoms with Gasteiger partial charge in [0, 0.05) is 44.0 Å². The number of piperidine rings is 1. The predicted molar refractivity (Wildman–Crippen MR) is 94.2 cm³/mol. The number of sulfonamides is 1. The minimum absolute atomic E-state index is 0.327. The molecule has 0 aliphatic carbocycles. The van der Waals surface area contributed by atoms with Crippen molar-refractivity contribution in [3.8, 4) is 0 Å². The predicted octanol–water partition coefficient (Wildman–Crippen LogP) is 3.39. The van der Waals surface area contributed by atoms with Gasteiger partial charge in [0.05, 0.1) is 4.90 Å². The second-order valence-electron chi connectivity index (χ2n) is 7.05. The minimum atomic E-state index is -3.88. The number of halogens is 2. The van der Waals surface area contributed by atoms with E-state index in [1.807, 2.05) is 6.20 Å². The fourth-order valence-electron chi connectivity index (χ4n) is 3.41. The van der Waals surface area contributed by atoms with Crippen molar-refractivity contribution in [2.45, 2.75) is 44.0 Å². The Kier molecular flexibility index (Phi) is 5.43. The molecule has 142 valence electrons. The zero-order valence-electron chi connectivity index (χ0n) is 14.9. The molecule has 3 rings (SSSR count). The van der Waals surface area contributed by atoms with E-state index in [1.54, 1.807) is 6.20 Å². The molecule has 0 spiro atoms. The van der Waals surface area contributed by atoms with Crippen molar-refractivity contribution < 1.29 is 17.2 Å². The van der Waals surface area contributed by atoms with Gasteiger partial charge in [-0.3, -0.25) is 0 Å². The van der Waals surface area contributed by atoms with Crippen LogP contribution in [0.2, 0.25) is 0 Å². The van der Waals surface area contributed by atoms with Crippen molar-refractivity contribution in [1.29, 1.82) is 0 Å². The molecule has 1 aliphatic heterocycles. The van der Waals surface area contributed by atoms with Crippen molar-refractivity contribution in [3.05, 3.63) is 48.1 Å². The van der Waals surface area contributed by atoms with Gasteiger partial charge in [0.2, 0.25) is 10.0 Å². The van der Waals surface area contributed by atoms with E-state index in [-0.39, 0.29) is 4.90 Å². The maximum Gasteiger partial charge on any atom is 0.243 e. The first-order valence-corrected chi connectivity index (χ1v) is 10.2. The average molecular weight is 383 g/mol. The summed E-state index contributed by atoms with van der Waals surface area (Å²) in [6, 6.07) is 2.40. The van der Waals surface area contributed by atoms with E-state index in [1.165, 1.54) is 4.31 Å². The number of rotatable bonds is 5. The van der Waals surface area contributed by atoms with E-state index in [0.29, 0.717) is 43.8 Å². The van der Waals surface area contributed by atoms with Crippen LogP contribution in [0.4, 0.5) is 8.78 Å². The fraction of sp³-hybridized carbons (Fsp3) is 0.500. The second kappa shape index (κ2) is 7.44. The number of nitrogens with zero attached hydrogens (tertiary/aromatic N) is 3. The molecular formula is C18H23F2N3O2S. The molecule has 0 radical (unpaired) electrons. The Hall–Kier alpha value is -1.80. The molecule has 26 heavy (non-hydrogen) atoms. The van der Waals surface area contributed by atoms with E-state index >= 15 is 0 Å². The quantitative estimate of drug-likeness (QED) is 0.795. The highest BCUT2D eigenvalue weighted by Crippen LogP contribution is 2.26. The highest BCUT2D eigenvalue weighted by Gasteiger charge is 2.30. The number of benzene rings is 1. The monoisotopic (exact) mass is 383 g/mol. The van der Waals surface area contributed by atoms with E-state index in [4.69, 9.17) is 0 Å². The summed E-state index contributed by atoms with van der Waals surface area (Å²) in [5.74, 6) is -0.0828. The Labute approximate surface area is 152 Å². The molecule has 1 fully saturated rings. The lowest BCUT2D eigenvalue weighted by atomic mass is 9.98. The van der Waals surface area contributed by atoms with Crippen LogP contribution in [0.1, 0.15) is 38.4 Å². The number of imidazole rings is 1. The molecular weight excluding hydrogens is 360 g/mol. The first kappa shape index (κ1) is 19.0. The normalized spacial score (nSPS) is 17.1. The van der Waals surface area contributed by atoms with Gasteiger partial charge in [-0.05, 0) is 30.9 Å². The zero-order chi connectivity index (χ0) is 18.9. The summed E-state index contributed by atoms with van der Waals surface area (Å²) in [5, 5.41) is 0. The van der Waals surface area contributed by atoms with Crippen molar-refractivity contribution in [2.24, 2.45) is 5.92 Å². The number of aromatic nitrogens is 2. The Bertz CT molecular complexity index is 852. The van der Waals surface area contributed by atoms with E-state index in [9.17, 15) is 17.2 Å². The molecule has 0 atom stereocenters. The molecule has 0 amide bonds. The Balaban J connectivity index is 1.67. The largest absolute Gasteiger partial charge is 0.334 e. The SMILES string of the molecule is CC(C)c1nccn1CC1CCN(S(=O)(=O)c2cc(F)cc(F)c2)CC1. The van der Waals surface area contributed by atoms with Crippen LogP contribution < -0.4 is 0 Å². The Morgan fingerprint density at radius 1 is 1.15 bits per heavy atom. The molecule has 1 aliphatic rings. The number of hydrogen-bond acceptors (Lipinski definition) is 3. The molecule has 1 saturated heterocycles. The third-order valence-corrected chi connectivity index (χ3v) is 6.64. The standard InChI is InChI=1S/C18H23F2N3O2S/c1-13(2)18-21-5-8-22(18)12-14-3-6-23(7-4-14)26(24,25)17-10-15(19)9-16(20)11-17/h5,8-11,13-14H,3-4,6-7,12H2,1-2H3. The topological polar surface area (TPSA) is 55.2 Å². The van der Waals surface area contributed by atoms with Gasteiger partial charge < -0.3 is 4.57 Å². The molecule has 0 N–H and O–H groups in total. The van der Waals surface area contributed by atoms with Gasteiger partial charge in [-0.25, -0.2) is 22.2 Å². The third kappa shape index (κ3) is 3.96. The fourth-order valence-corrected chi connectivity index (χ4v) is 4.93.